The van der Waals surface area contributed by atoms with E-state index in [1.54, 1.807) is 25.1 Å². The summed E-state index contributed by atoms with van der Waals surface area (Å²) in [5.41, 5.74) is 4.32. The first-order chi connectivity index (χ1) is 15.9. The van der Waals surface area contributed by atoms with E-state index < -0.39 is 5.97 Å². The van der Waals surface area contributed by atoms with Crippen molar-refractivity contribution in [3.63, 3.8) is 0 Å². The predicted octanol–water partition coefficient (Wildman–Crippen LogP) is 6.51. The van der Waals surface area contributed by atoms with Gasteiger partial charge in [0.2, 0.25) is 0 Å². The maximum atomic E-state index is 11.4. The van der Waals surface area contributed by atoms with Crippen LogP contribution in [0.25, 0.3) is 32.3 Å². The molecule has 7 nitrogen and oxygen atoms in total. The summed E-state index contributed by atoms with van der Waals surface area (Å²) in [6.07, 6.45) is 0. The van der Waals surface area contributed by atoms with E-state index in [4.69, 9.17) is 16.3 Å². The first kappa shape index (κ1) is 21.1. The molecule has 164 valence electrons. The average Bonchev–Trinajstić information content (AvgIpc) is 3.37. The van der Waals surface area contributed by atoms with Gasteiger partial charge in [0.25, 0.3) is 0 Å². The molecule has 33 heavy (non-hydrogen) atoms. The van der Waals surface area contributed by atoms with Crippen LogP contribution in [0.3, 0.4) is 0 Å². The molecule has 0 bridgehead atoms. The molecule has 0 unspecified atom stereocenters. The monoisotopic (exact) mass is 476 g/mol. The number of ether oxygens (including phenoxy) is 1. The molecule has 3 aromatic heterocycles. The number of halogens is 1. The van der Waals surface area contributed by atoms with Crippen LogP contribution in [0, 0.1) is 13.8 Å². The average molecular weight is 477 g/mol. The molecule has 0 aliphatic carbocycles. The zero-order valence-electron chi connectivity index (χ0n) is 17.6. The topological polar surface area (TPSA) is 101 Å². The van der Waals surface area contributed by atoms with Crippen molar-refractivity contribution >= 4 is 40.1 Å². The van der Waals surface area contributed by atoms with Crippen molar-refractivity contribution in [2.24, 2.45) is 0 Å². The first-order valence-electron chi connectivity index (χ1n) is 10.0. The zero-order chi connectivity index (χ0) is 23.1. The van der Waals surface area contributed by atoms with Gasteiger partial charge in [-0.3, -0.25) is 0 Å². The number of hydrogen-bond acceptors (Lipinski definition) is 6. The van der Waals surface area contributed by atoms with E-state index in [1.807, 2.05) is 37.3 Å². The highest BCUT2D eigenvalue weighted by atomic mass is 35.5. The lowest BCUT2D eigenvalue weighted by Crippen LogP contribution is -2.00. The lowest BCUT2D eigenvalue weighted by molar-refractivity contribution is 0.0695. The van der Waals surface area contributed by atoms with Gasteiger partial charge in [0.15, 0.2) is 5.65 Å². The Bertz CT molecular complexity index is 1510. The molecular weight excluding hydrogens is 460 g/mol. The smallest absolute Gasteiger partial charge is 0.336 e. The third-order valence-corrected chi connectivity index (χ3v) is 6.59. The number of aromatic nitrogens is 4. The van der Waals surface area contributed by atoms with Crippen molar-refractivity contribution in [2.45, 2.75) is 13.8 Å². The number of carboxylic acids is 1. The molecule has 0 aliphatic rings. The van der Waals surface area contributed by atoms with Gasteiger partial charge in [0.1, 0.15) is 16.5 Å². The minimum Gasteiger partial charge on any atom is -0.478 e. The summed E-state index contributed by atoms with van der Waals surface area (Å²) in [5.74, 6) is -0.662. The van der Waals surface area contributed by atoms with Gasteiger partial charge in [-0.25, -0.2) is 14.8 Å². The fraction of sp³-hybridized carbons (Fsp3) is 0.0833. The summed E-state index contributed by atoms with van der Waals surface area (Å²) in [7, 11) is 0. The van der Waals surface area contributed by atoms with E-state index in [-0.39, 0.29) is 11.6 Å². The van der Waals surface area contributed by atoms with E-state index in [2.05, 4.69) is 19.9 Å². The minimum absolute atomic E-state index is 0.168. The Balaban J connectivity index is 1.50. The summed E-state index contributed by atoms with van der Waals surface area (Å²) in [5, 5.41) is 10.7. The number of aryl methyl sites for hydroxylation is 2. The highest BCUT2D eigenvalue weighted by Gasteiger charge is 2.18. The van der Waals surface area contributed by atoms with Crippen LogP contribution in [-0.2, 0) is 0 Å². The standard InChI is InChI=1S/C24H17ClN4O3S/c1-12-8-9-15(10-16(12)23(30)31)32-24-27-18-11-17(25)19(28-21(18)29-24)20-13(2)26-22(33-20)14-6-4-3-5-7-14/h3-11H,1-2H3,(H,30,31)(H,27,28,29). The second-order valence-electron chi connectivity index (χ2n) is 7.42. The Morgan fingerprint density at radius 2 is 1.85 bits per heavy atom. The normalized spacial score (nSPS) is 11.1. The van der Waals surface area contributed by atoms with Crippen LogP contribution in [0.5, 0.6) is 11.8 Å². The highest BCUT2D eigenvalue weighted by Crippen LogP contribution is 2.38. The number of thiazole rings is 1. The van der Waals surface area contributed by atoms with Crippen molar-refractivity contribution in [3.05, 3.63) is 76.4 Å². The molecule has 0 saturated carbocycles. The van der Waals surface area contributed by atoms with Gasteiger partial charge < -0.3 is 14.8 Å². The number of nitrogens with zero attached hydrogens (tertiary/aromatic N) is 3. The van der Waals surface area contributed by atoms with E-state index in [1.165, 1.54) is 17.4 Å². The maximum Gasteiger partial charge on any atom is 0.336 e. The maximum absolute atomic E-state index is 11.4. The number of imidazole rings is 1. The van der Waals surface area contributed by atoms with Crippen molar-refractivity contribution in [1.82, 2.24) is 19.9 Å². The second-order valence-corrected chi connectivity index (χ2v) is 8.82. The van der Waals surface area contributed by atoms with E-state index in [0.29, 0.717) is 33.2 Å². The van der Waals surface area contributed by atoms with Crippen LogP contribution in [0.2, 0.25) is 5.02 Å². The molecule has 0 saturated heterocycles. The third kappa shape index (κ3) is 4.06. The number of carboxylic acid groups (broad SMARTS) is 1. The van der Waals surface area contributed by atoms with Crippen molar-refractivity contribution in [1.29, 1.82) is 0 Å². The number of nitrogens with one attached hydrogen (secondary N) is 1. The highest BCUT2D eigenvalue weighted by molar-refractivity contribution is 7.18. The van der Waals surface area contributed by atoms with E-state index >= 15 is 0 Å². The molecule has 0 radical (unpaired) electrons. The molecule has 9 heteroatoms. The lowest BCUT2D eigenvalue weighted by Gasteiger charge is -2.05. The molecule has 5 rings (SSSR count). The Morgan fingerprint density at radius 1 is 1.06 bits per heavy atom. The van der Waals surface area contributed by atoms with Crippen molar-refractivity contribution in [2.75, 3.05) is 0 Å². The number of rotatable bonds is 5. The molecule has 0 amide bonds. The summed E-state index contributed by atoms with van der Waals surface area (Å²) in [6, 6.07) is 16.7. The number of fused-ring (bicyclic) bond motifs is 1. The SMILES string of the molecule is Cc1ccc(Oc2nc3nc(-c4sc(-c5ccccc5)nc4C)c(Cl)cc3[nH]2)cc1C(=O)O. The fourth-order valence-electron chi connectivity index (χ4n) is 3.43. The predicted molar refractivity (Wildman–Crippen MR) is 128 cm³/mol. The van der Waals surface area contributed by atoms with Crippen LogP contribution < -0.4 is 4.74 Å². The molecule has 5 aromatic rings. The van der Waals surface area contributed by atoms with Crippen molar-refractivity contribution in [3.8, 4) is 32.9 Å². The molecular formula is C24H17ClN4O3S. The number of H-pyrrole nitrogens is 1. The molecule has 0 atom stereocenters. The summed E-state index contributed by atoms with van der Waals surface area (Å²) in [6.45, 7) is 3.66. The summed E-state index contributed by atoms with van der Waals surface area (Å²) < 4.78 is 5.76. The van der Waals surface area contributed by atoms with Crippen LogP contribution >= 0.6 is 22.9 Å². The summed E-state index contributed by atoms with van der Waals surface area (Å²) in [4.78, 5) is 29.1. The number of pyridine rings is 1. The van der Waals surface area contributed by atoms with Crippen LogP contribution in [0.1, 0.15) is 21.6 Å². The number of aromatic carboxylic acids is 1. The van der Waals surface area contributed by atoms with Crippen molar-refractivity contribution < 1.29 is 14.6 Å². The van der Waals surface area contributed by atoms with Crippen LogP contribution in [-0.4, -0.2) is 31.0 Å². The number of benzene rings is 2. The van der Waals surface area contributed by atoms with E-state index in [9.17, 15) is 9.90 Å². The van der Waals surface area contributed by atoms with Gasteiger partial charge >= 0.3 is 12.0 Å². The Hall–Kier alpha value is -3.75. The Kier molecular flexibility index (Phi) is 5.32. The zero-order valence-corrected chi connectivity index (χ0v) is 19.2. The molecule has 0 aliphatic heterocycles. The van der Waals surface area contributed by atoms with Crippen LogP contribution in [0.4, 0.5) is 0 Å². The molecule has 3 heterocycles. The van der Waals surface area contributed by atoms with Crippen LogP contribution in [0.15, 0.2) is 54.6 Å². The Labute approximate surface area is 197 Å². The van der Waals surface area contributed by atoms with E-state index in [0.717, 1.165) is 21.1 Å². The lowest BCUT2D eigenvalue weighted by atomic mass is 10.1. The fourth-order valence-corrected chi connectivity index (χ4v) is 4.81. The third-order valence-electron chi connectivity index (χ3n) is 5.09. The van der Waals surface area contributed by atoms with Gasteiger partial charge in [0, 0.05) is 5.56 Å². The molecule has 0 spiro atoms. The van der Waals surface area contributed by atoms with Gasteiger partial charge in [-0.05, 0) is 37.6 Å². The number of hydrogen-bond donors (Lipinski definition) is 2. The summed E-state index contributed by atoms with van der Waals surface area (Å²) >= 11 is 8.09. The largest absolute Gasteiger partial charge is 0.478 e. The Morgan fingerprint density at radius 3 is 2.61 bits per heavy atom. The van der Waals surface area contributed by atoms with Gasteiger partial charge in [0.05, 0.1) is 26.7 Å². The molecule has 0 fully saturated rings. The first-order valence-corrected chi connectivity index (χ1v) is 11.2. The molecule has 2 N–H and O–H groups in total. The van der Waals surface area contributed by atoms with Gasteiger partial charge in [-0.15, -0.1) is 11.3 Å². The number of carbonyl (C=O) groups is 1. The molecule has 2 aromatic carbocycles. The second kappa shape index (κ2) is 8.31. The number of aromatic amines is 1. The van der Waals surface area contributed by atoms with Gasteiger partial charge in [-0.2, -0.15) is 4.98 Å². The quantitative estimate of drug-likeness (QED) is 0.300. The van der Waals surface area contributed by atoms with Gasteiger partial charge in [-0.1, -0.05) is 48.0 Å². The minimum atomic E-state index is -1.02.